The monoisotopic (exact) mass is 459 g/mol. The van der Waals surface area contributed by atoms with Crippen molar-refractivity contribution in [1.82, 2.24) is 19.8 Å². The van der Waals surface area contributed by atoms with Gasteiger partial charge in [0, 0.05) is 27.9 Å². The molecular weight excluding hydrogens is 445 g/mol. The number of rotatable bonds is 5. The second kappa shape index (κ2) is 8.43. The number of aryl methyl sites for hydroxylation is 1. The van der Waals surface area contributed by atoms with Crippen molar-refractivity contribution in [2.45, 2.75) is 6.92 Å². The summed E-state index contributed by atoms with van der Waals surface area (Å²) in [5.41, 5.74) is 2.12. The lowest BCUT2D eigenvalue weighted by Gasteiger charge is -2.08. The fourth-order valence-corrected chi connectivity index (χ4v) is 4.30. The molecular formula is C20H15Cl2N5O2S. The predicted molar refractivity (Wildman–Crippen MR) is 120 cm³/mol. The van der Waals surface area contributed by atoms with Crippen LogP contribution in [-0.2, 0) is 4.79 Å². The molecule has 0 spiro atoms. The highest BCUT2D eigenvalue weighted by atomic mass is 35.5. The van der Waals surface area contributed by atoms with Gasteiger partial charge in [0.2, 0.25) is 10.9 Å². The highest BCUT2D eigenvalue weighted by Crippen LogP contribution is 2.33. The number of carbonyl (C=O) groups excluding carboxylic acids is 1. The minimum Gasteiger partial charge on any atom is -0.495 e. The van der Waals surface area contributed by atoms with E-state index in [4.69, 9.17) is 27.9 Å². The third-order valence-corrected chi connectivity index (χ3v) is 5.63. The van der Waals surface area contributed by atoms with Crippen molar-refractivity contribution >= 4 is 57.2 Å². The molecule has 0 bridgehead atoms. The lowest BCUT2D eigenvalue weighted by Crippen LogP contribution is -2.07. The maximum atomic E-state index is 12.4. The number of aromatic nitrogens is 4. The van der Waals surface area contributed by atoms with Crippen LogP contribution in [0.25, 0.3) is 21.6 Å². The first-order valence-corrected chi connectivity index (χ1v) is 10.3. The lowest BCUT2D eigenvalue weighted by molar-refractivity contribution is -0.111. The molecule has 4 aromatic rings. The van der Waals surface area contributed by atoms with Crippen LogP contribution in [0.3, 0.4) is 0 Å². The number of ether oxygens (including phenoxy) is 1. The minimum atomic E-state index is -0.306. The molecule has 10 heteroatoms. The molecule has 0 aliphatic carbocycles. The minimum absolute atomic E-state index is 0.306. The Morgan fingerprint density at radius 2 is 2.07 bits per heavy atom. The zero-order valence-corrected chi connectivity index (χ0v) is 18.2. The number of nitrogens with zero attached hydrogens (tertiary/aromatic N) is 4. The highest BCUT2D eigenvalue weighted by Gasteiger charge is 2.11. The largest absolute Gasteiger partial charge is 0.495 e. The van der Waals surface area contributed by atoms with Crippen LogP contribution in [0.5, 0.6) is 5.75 Å². The van der Waals surface area contributed by atoms with Gasteiger partial charge in [0.25, 0.3) is 0 Å². The van der Waals surface area contributed by atoms with E-state index in [0.29, 0.717) is 32.0 Å². The van der Waals surface area contributed by atoms with Gasteiger partial charge in [-0.1, -0.05) is 46.7 Å². The summed E-state index contributed by atoms with van der Waals surface area (Å²) >= 11 is 13.6. The molecule has 2 aromatic heterocycles. The Morgan fingerprint density at radius 3 is 2.83 bits per heavy atom. The second-order valence-electron chi connectivity index (χ2n) is 6.26. The molecule has 1 N–H and O–H groups in total. The van der Waals surface area contributed by atoms with Crippen LogP contribution >= 0.6 is 34.5 Å². The van der Waals surface area contributed by atoms with Crippen molar-refractivity contribution in [3.8, 4) is 16.3 Å². The lowest BCUT2D eigenvalue weighted by atomic mass is 10.1. The molecule has 0 saturated heterocycles. The van der Waals surface area contributed by atoms with Gasteiger partial charge in [-0.05, 0) is 37.3 Å². The first kappa shape index (κ1) is 20.3. The Hall–Kier alpha value is -2.94. The summed E-state index contributed by atoms with van der Waals surface area (Å²) in [6.45, 7) is 1.84. The number of hydrogen-bond acceptors (Lipinski definition) is 6. The molecule has 2 heterocycles. The van der Waals surface area contributed by atoms with Gasteiger partial charge < -0.3 is 10.1 Å². The fourth-order valence-electron chi connectivity index (χ4n) is 2.83. The third kappa shape index (κ3) is 4.16. The maximum Gasteiger partial charge on any atom is 0.248 e. The molecule has 0 radical (unpaired) electrons. The van der Waals surface area contributed by atoms with Gasteiger partial charge in [0.15, 0.2) is 5.82 Å². The first-order chi connectivity index (χ1) is 14.4. The number of nitrogens with one attached hydrogen (secondary N) is 1. The Bertz CT molecular complexity index is 1280. The van der Waals surface area contributed by atoms with Crippen LogP contribution in [0.15, 0.2) is 42.5 Å². The average Bonchev–Trinajstić information content (AvgIpc) is 3.28. The number of methoxy groups -OCH3 is 1. The van der Waals surface area contributed by atoms with Crippen molar-refractivity contribution in [3.05, 3.63) is 63.9 Å². The summed E-state index contributed by atoms with van der Waals surface area (Å²) < 4.78 is 6.97. The quantitative estimate of drug-likeness (QED) is 0.418. The molecule has 2 aromatic carbocycles. The van der Waals surface area contributed by atoms with E-state index in [2.05, 4.69) is 20.6 Å². The number of carbonyl (C=O) groups is 1. The van der Waals surface area contributed by atoms with Crippen LogP contribution in [0.2, 0.25) is 10.0 Å². The van der Waals surface area contributed by atoms with Gasteiger partial charge in [-0.3, -0.25) is 4.79 Å². The van der Waals surface area contributed by atoms with Gasteiger partial charge in [-0.25, -0.2) is 0 Å². The van der Waals surface area contributed by atoms with E-state index in [-0.39, 0.29) is 5.91 Å². The van der Waals surface area contributed by atoms with E-state index in [0.717, 1.165) is 16.4 Å². The normalized spacial score (nSPS) is 11.3. The van der Waals surface area contributed by atoms with Gasteiger partial charge in [-0.2, -0.15) is 9.61 Å². The summed E-state index contributed by atoms with van der Waals surface area (Å²) in [7, 11) is 1.51. The molecule has 1 amide bonds. The van der Waals surface area contributed by atoms with Crippen LogP contribution in [0.4, 0.5) is 5.69 Å². The number of amides is 1. The standard InChI is InChI=1S/C20H15Cl2N5O2S/c1-11-24-25-20-27(11)26-19(30-20)13-4-3-5-15(9-13)23-17(28)7-6-12-8-14(21)10-16(22)18(12)29-2/h3-10H,1-2H3,(H,23,28)/b7-6+. The molecule has 152 valence electrons. The summed E-state index contributed by atoms with van der Waals surface area (Å²) in [6, 6.07) is 10.7. The smallest absolute Gasteiger partial charge is 0.248 e. The van der Waals surface area contributed by atoms with Crippen LogP contribution < -0.4 is 10.1 Å². The van der Waals surface area contributed by atoms with E-state index in [1.165, 1.54) is 24.5 Å². The Balaban J connectivity index is 1.53. The molecule has 0 aliphatic heterocycles. The Kier molecular flexibility index (Phi) is 5.72. The maximum absolute atomic E-state index is 12.4. The Morgan fingerprint density at radius 1 is 1.23 bits per heavy atom. The molecule has 0 fully saturated rings. The third-order valence-electron chi connectivity index (χ3n) is 4.18. The molecule has 0 aliphatic rings. The molecule has 0 saturated carbocycles. The van der Waals surface area contributed by atoms with E-state index in [1.807, 2.05) is 25.1 Å². The van der Waals surface area contributed by atoms with Crippen molar-refractivity contribution in [2.24, 2.45) is 0 Å². The first-order valence-electron chi connectivity index (χ1n) is 8.76. The predicted octanol–water partition coefficient (Wildman–Crippen LogP) is 5.13. The van der Waals surface area contributed by atoms with Gasteiger partial charge in [0.1, 0.15) is 10.8 Å². The van der Waals surface area contributed by atoms with Gasteiger partial charge in [-0.15, -0.1) is 10.2 Å². The second-order valence-corrected chi connectivity index (χ2v) is 8.06. The van der Waals surface area contributed by atoms with Crippen LogP contribution in [0, 0.1) is 6.92 Å². The van der Waals surface area contributed by atoms with Crippen molar-refractivity contribution in [1.29, 1.82) is 0 Å². The topological polar surface area (TPSA) is 81.4 Å². The zero-order chi connectivity index (χ0) is 21.3. The molecule has 0 unspecified atom stereocenters. The van der Waals surface area contributed by atoms with Crippen LogP contribution in [0.1, 0.15) is 11.4 Å². The number of benzene rings is 2. The summed E-state index contributed by atoms with van der Waals surface area (Å²) in [6.07, 6.45) is 2.99. The SMILES string of the molecule is COc1c(Cl)cc(Cl)cc1/C=C/C(=O)Nc1cccc(-c2nn3c(C)nnc3s2)c1. The molecule has 30 heavy (non-hydrogen) atoms. The van der Waals surface area contributed by atoms with Crippen LogP contribution in [-0.4, -0.2) is 32.8 Å². The molecule has 0 atom stereocenters. The summed E-state index contributed by atoms with van der Waals surface area (Å²) in [5.74, 6) is 0.864. The van der Waals surface area contributed by atoms with Gasteiger partial charge >= 0.3 is 0 Å². The zero-order valence-electron chi connectivity index (χ0n) is 15.9. The molecule has 4 rings (SSSR count). The number of hydrogen-bond donors (Lipinski definition) is 1. The van der Waals surface area contributed by atoms with E-state index < -0.39 is 0 Å². The van der Waals surface area contributed by atoms with E-state index in [1.54, 1.807) is 28.8 Å². The van der Waals surface area contributed by atoms with E-state index >= 15 is 0 Å². The van der Waals surface area contributed by atoms with Crippen molar-refractivity contribution in [3.63, 3.8) is 0 Å². The summed E-state index contributed by atoms with van der Waals surface area (Å²) in [5, 5.41) is 17.0. The highest BCUT2D eigenvalue weighted by molar-refractivity contribution is 7.19. The summed E-state index contributed by atoms with van der Waals surface area (Å²) in [4.78, 5) is 13.1. The van der Waals surface area contributed by atoms with Crippen molar-refractivity contribution in [2.75, 3.05) is 12.4 Å². The fraction of sp³-hybridized carbons (Fsp3) is 0.100. The number of fused-ring (bicyclic) bond motifs is 1. The van der Waals surface area contributed by atoms with E-state index in [9.17, 15) is 4.79 Å². The average molecular weight is 460 g/mol. The van der Waals surface area contributed by atoms with Crippen molar-refractivity contribution < 1.29 is 9.53 Å². The number of anilines is 1. The Labute approximate surface area is 185 Å². The number of halogens is 2. The molecule has 7 nitrogen and oxygen atoms in total. The van der Waals surface area contributed by atoms with Gasteiger partial charge in [0.05, 0.1) is 12.1 Å².